The van der Waals surface area contributed by atoms with Gasteiger partial charge in [-0.05, 0) is 35.6 Å². The summed E-state index contributed by atoms with van der Waals surface area (Å²) in [7, 11) is 3.60. The van der Waals surface area contributed by atoms with E-state index in [4.69, 9.17) is 0 Å². The molecule has 2 aromatic rings. The van der Waals surface area contributed by atoms with Crippen LogP contribution in [0.1, 0.15) is 23.5 Å². The highest BCUT2D eigenvalue weighted by molar-refractivity contribution is 5.76. The molecule has 1 aromatic heterocycles. The first-order chi connectivity index (χ1) is 9.66. The van der Waals surface area contributed by atoms with Gasteiger partial charge in [0, 0.05) is 32.9 Å². The number of hydrogen-bond donors (Lipinski definition) is 0. The predicted molar refractivity (Wildman–Crippen MR) is 80.4 cm³/mol. The summed E-state index contributed by atoms with van der Waals surface area (Å²) in [6.45, 7) is 0. The standard InChI is InChI=1S/C17H20N2O/c1-19(2)17(20)13-16(15-6-4-3-5-7-15)12-14-8-10-18-11-9-14/h3-11,16H,12-13H2,1-2H3. The Morgan fingerprint density at radius 2 is 1.75 bits per heavy atom. The average molecular weight is 268 g/mol. The van der Waals surface area contributed by atoms with E-state index in [1.807, 2.05) is 30.3 Å². The van der Waals surface area contributed by atoms with E-state index >= 15 is 0 Å². The number of rotatable bonds is 5. The van der Waals surface area contributed by atoms with Crippen LogP contribution in [0.4, 0.5) is 0 Å². The fourth-order valence-electron chi connectivity index (χ4n) is 2.23. The molecule has 0 bridgehead atoms. The van der Waals surface area contributed by atoms with Gasteiger partial charge in [-0.25, -0.2) is 0 Å². The second-order valence-corrected chi connectivity index (χ2v) is 5.16. The normalized spacial score (nSPS) is 11.9. The average Bonchev–Trinajstić information content (AvgIpc) is 2.48. The summed E-state index contributed by atoms with van der Waals surface area (Å²) in [4.78, 5) is 17.7. The zero-order valence-corrected chi connectivity index (χ0v) is 12.0. The number of aromatic nitrogens is 1. The first-order valence-corrected chi connectivity index (χ1v) is 6.81. The molecule has 0 aliphatic heterocycles. The Hall–Kier alpha value is -2.16. The second kappa shape index (κ2) is 6.85. The van der Waals surface area contributed by atoms with E-state index in [0.717, 1.165) is 6.42 Å². The second-order valence-electron chi connectivity index (χ2n) is 5.16. The molecule has 0 spiro atoms. The van der Waals surface area contributed by atoms with Gasteiger partial charge in [0.05, 0.1) is 0 Å². The van der Waals surface area contributed by atoms with Gasteiger partial charge in [0.25, 0.3) is 0 Å². The van der Waals surface area contributed by atoms with Crippen molar-refractivity contribution in [2.24, 2.45) is 0 Å². The van der Waals surface area contributed by atoms with Crippen LogP contribution in [0.2, 0.25) is 0 Å². The maximum atomic E-state index is 12.0. The Kier molecular flexibility index (Phi) is 4.88. The molecule has 2 rings (SSSR count). The van der Waals surface area contributed by atoms with Crippen LogP contribution in [0.5, 0.6) is 0 Å². The lowest BCUT2D eigenvalue weighted by atomic mass is 9.89. The van der Waals surface area contributed by atoms with Crippen molar-refractivity contribution in [1.82, 2.24) is 9.88 Å². The molecule has 0 aliphatic carbocycles. The van der Waals surface area contributed by atoms with Crippen LogP contribution in [-0.2, 0) is 11.2 Å². The van der Waals surface area contributed by atoms with Crippen LogP contribution >= 0.6 is 0 Å². The molecular formula is C17H20N2O. The molecule has 0 fully saturated rings. The summed E-state index contributed by atoms with van der Waals surface area (Å²) in [6, 6.07) is 14.3. The Balaban J connectivity index is 2.18. The predicted octanol–water partition coefficient (Wildman–Crippen LogP) is 2.89. The maximum Gasteiger partial charge on any atom is 0.222 e. The highest BCUT2D eigenvalue weighted by atomic mass is 16.2. The highest BCUT2D eigenvalue weighted by Gasteiger charge is 2.17. The lowest BCUT2D eigenvalue weighted by Crippen LogP contribution is -2.24. The largest absolute Gasteiger partial charge is 0.349 e. The summed E-state index contributed by atoms with van der Waals surface area (Å²) >= 11 is 0. The fraction of sp³-hybridized carbons (Fsp3) is 0.294. The van der Waals surface area contributed by atoms with E-state index in [2.05, 4.69) is 17.1 Å². The van der Waals surface area contributed by atoms with Gasteiger partial charge in [0.1, 0.15) is 0 Å². The summed E-state index contributed by atoms with van der Waals surface area (Å²) in [6.07, 6.45) is 4.97. The molecule has 0 aliphatic rings. The molecule has 0 radical (unpaired) electrons. The van der Waals surface area contributed by atoms with Crippen LogP contribution in [0.3, 0.4) is 0 Å². The first-order valence-electron chi connectivity index (χ1n) is 6.81. The molecule has 20 heavy (non-hydrogen) atoms. The molecule has 104 valence electrons. The van der Waals surface area contributed by atoms with Crippen LogP contribution in [0, 0.1) is 0 Å². The van der Waals surface area contributed by atoms with Crippen LogP contribution in [-0.4, -0.2) is 29.9 Å². The highest BCUT2D eigenvalue weighted by Crippen LogP contribution is 2.24. The van der Waals surface area contributed by atoms with Gasteiger partial charge in [-0.3, -0.25) is 9.78 Å². The number of amides is 1. The van der Waals surface area contributed by atoms with E-state index in [1.165, 1.54) is 11.1 Å². The Morgan fingerprint density at radius 3 is 2.35 bits per heavy atom. The van der Waals surface area contributed by atoms with Crippen molar-refractivity contribution in [3.05, 3.63) is 66.0 Å². The smallest absolute Gasteiger partial charge is 0.222 e. The summed E-state index contributed by atoms with van der Waals surface area (Å²) in [5.41, 5.74) is 2.42. The lowest BCUT2D eigenvalue weighted by Gasteiger charge is -2.19. The minimum atomic E-state index is 0.160. The minimum absolute atomic E-state index is 0.160. The van der Waals surface area contributed by atoms with Crippen LogP contribution in [0.25, 0.3) is 0 Å². The van der Waals surface area contributed by atoms with Crippen molar-refractivity contribution in [2.75, 3.05) is 14.1 Å². The van der Waals surface area contributed by atoms with Gasteiger partial charge in [-0.2, -0.15) is 0 Å². The van der Waals surface area contributed by atoms with Crippen molar-refractivity contribution in [3.8, 4) is 0 Å². The number of benzene rings is 1. The van der Waals surface area contributed by atoms with E-state index in [1.54, 1.807) is 31.4 Å². The molecule has 0 N–H and O–H groups in total. The summed E-state index contributed by atoms with van der Waals surface area (Å²) < 4.78 is 0. The molecule has 1 atom stereocenters. The molecule has 1 unspecified atom stereocenters. The Morgan fingerprint density at radius 1 is 1.10 bits per heavy atom. The number of pyridine rings is 1. The third-order valence-corrected chi connectivity index (χ3v) is 3.42. The van der Waals surface area contributed by atoms with Gasteiger partial charge in [0.2, 0.25) is 5.91 Å². The summed E-state index contributed by atoms with van der Waals surface area (Å²) in [5, 5.41) is 0. The lowest BCUT2D eigenvalue weighted by molar-refractivity contribution is -0.129. The molecule has 0 saturated heterocycles. The molecule has 3 nitrogen and oxygen atoms in total. The minimum Gasteiger partial charge on any atom is -0.349 e. The van der Waals surface area contributed by atoms with E-state index in [-0.39, 0.29) is 11.8 Å². The maximum absolute atomic E-state index is 12.0. The Labute approximate surface area is 120 Å². The van der Waals surface area contributed by atoms with Crippen LogP contribution < -0.4 is 0 Å². The molecule has 1 heterocycles. The molecule has 3 heteroatoms. The van der Waals surface area contributed by atoms with Gasteiger partial charge in [0.15, 0.2) is 0 Å². The van der Waals surface area contributed by atoms with Crippen molar-refractivity contribution in [3.63, 3.8) is 0 Å². The van der Waals surface area contributed by atoms with Gasteiger partial charge < -0.3 is 4.90 Å². The molecular weight excluding hydrogens is 248 g/mol. The van der Waals surface area contributed by atoms with Crippen LogP contribution in [0.15, 0.2) is 54.9 Å². The SMILES string of the molecule is CN(C)C(=O)CC(Cc1ccncc1)c1ccccc1. The number of carbonyl (C=O) groups is 1. The zero-order valence-electron chi connectivity index (χ0n) is 12.0. The fourth-order valence-corrected chi connectivity index (χ4v) is 2.23. The number of nitrogens with zero attached hydrogens (tertiary/aromatic N) is 2. The van der Waals surface area contributed by atoms with Crippen molar-refractivity contribution in [2.45, 2.75) is 18.8 Å². The third kappa shape index (κ3) is 3.92. The third-order valence-electron chi connectivity index (χ3n) is 3.42. The molecule has 0 saturated carbocycles. The van der Waals surface area contributed by atoms with Crippen molar-refractivity contribution >= 4 is 5.91 Å². The Bertz CT molecular complexity index is 537. The van der Waals surface area contributed by atoms with Crippen molar-refractivity contribution < 1.29 is 4.79 Å². The van der Waals surface area contributed by atoms with Crippen molar-refractivity contribution in [1.29, 1.82) is 0 Å². The first kappa shape index (κ1) is 14.3. The van der Waals surface area contributed by atoms with E-state index in [0.29, 0.717) is 6.42 Å². The zero-order chi connectivity index (χ0) is 14.4. The number of hydrogen-bond acceptors (Lipinski definition) is 2. The molecule has 1 aromatic carbocycles. The monoisotopic (exact) mass is 268 g/mol. The van der Waals surface area contributed by atoms with Gasteiger partial charge in [-0.1, -0.05) is 30.3 Å². The van der Waals surface area contributed by atoms with Gasteiger partial charge >= 0.3 is 0 Å². The number of carbonyl (C=O) groups excluding carboxylic acids is 1. The van der Waals surface area contributed by atoms with E-state index < -0.39 is 0 Å². The van der Waals surface area contributed by atoms with Gasteiger partial charge in [-0.15, -0.1) is 0 Å². The topological polar surface area (TPSA) is 33.2 Å². The summed E-state index contributed by atoms with van der Waals surface area (Å²) in [5.74, 6) is 0.362. The molecule has 1 amide bonds. The van der Waals surface area contributed by atoms with E-state index in [9.17, 15) is 4.79 Å². The quantitative estimate of drug-likeness (QED) is 0.835.